The summed E-state index contributed by atoms with van der Waals surface area (Å²) in [6.45, 7) is 6.70. The Balaban J connectivity index is 1.61. The summed E-state index contributed by atoms with van der Waals surface area (Å²) in [7, 11) is 0. The van der Waals surface area contributed by atoms with E-state index in [-0.39, 0.29) is 24.3 Å². The summed E-state index contributed by atoms with van der Waals surface area (Å²) in [6, 6.07) is 9.97. The topological polar surface area (TPSA) is 51.5 Å². The van der Waals surface area contributed by atoms with Gasteiger partial charge in [-0.1, -0.05) is 17.7 Å². The molecule has 0 radical (unpaired) electrons. The maximum Gasteiger partial charge on any atom is 0.293 e. The predicted molar refractivity (Wildman–Crippen MR) is 104 cm³/mol. The zero-order valence-corrected chi connectivity index (χ0v) is 16.0. The van der Waals surface area contributed by atoms with Gasteiger partial charge in [-0.25, -0.2) is 0 Å². The molecule has 1 fully saturated rings. The summed E-state index contributed by atoms with van der Waals surface area (Å²) in [5, 5.41) is -0.253. The van der Waals surface area contributed by atoms with E-state index in [1.54, 1.807) is 6.08 Å². The van der Waals surface area contributed by atoms with Crippen molar-refractivity contribution < 1.29 is 14.3 Å². The molecule has 136 valence electrons. The number of aryl methyl sites for hydroxylation is 1. The normalized spacial score (nSPS) is 16.2. The zero-order valence-electron chi connectivity index (χ0n) is 15.1. The Bertz CT molecular complexity index is 837. The summed E-state index contributed by atoms with van der Waals surface area (Å²) in [6.07, 6.45) is 5.71. The number of aromatic nitrogens is 1. The van der Waals surface area contributed by atoms with Crippen LogP contribution in [0, 0.1) is 6.92 Å². The van der Waals surface area contributed by atoms with Gasteiger partial charge in [-0.05, 0) is 62.4 Å². The Kier molecular flexibility index (Phi) is 5.52. The number of rotatable bonds is 6. The van der Waals surface area contributed by atoms with E-state index in [4.69, 9.17) is 4.74 Å². The molecule has 1 saturated heterocycles. The largest absolute Gasteiger partial charge is 0.492 e. The first kappa shape index (κ1) is 18.3. The number of benzene rings is 1. The van der Waals surface area contributed by atoms with Crippen LogP contribution in [0.5, 0.6) is 5.75 Å². The van der Waals surface area contributed by atoms with E-state index in [2.05, 4.69) is 18.4 Å². The van der Waals surface area contributed by atoms with Crippen molar-refractivity contribution in [1.82, 2.24) is 9.47 Å². The molecule has 0 atom stereocenters. The van der Waals surface area contributed by atoms with E-state index in [0.29, 0.717) is 10.9 Å². The van der Waals surface area contributed by atoms with E-state index in [0.717, 1.165) is 28.6 Å². The van der Waals surface area contributed by atoms with Crippen LogP contribution in [-0.4, -0.2) is 33.8 Å². The van der Waals surface area contributed by atoms with Gasteiger partial charge in [0.2, 0.25) is 0 Å². The van der Waals surface area contributed by atoms with Crippen molar-refractivity contribution in [2.75, 3.05) is 13.2 Å². The Morgan fingerprint density at radius 2 is 1.88 bits per heavy atom. The first-order chi connectivity index (χ1) is 12.4. The molecule has 0 spiro atoms. The molecule has 1 aromatic carbocycles. The van der Waals surface area contributed by atoms with Crippen LogP contribution in [0.15, 0.2) is 47.6 Å². The Morgan fingerprint density at radius 1 is 1.15 bits per heavy atom. The van der Waals surface area contributed by atoms with Gasteiger partial charge in [0.15, 0.2) is 0 Å². The summed E-state index contributed by atoms with van der Waals surface area (Å²) >= 11 is 0.976. The molecule has 2 amide bonds. The molecule has 26 heavy (non-hydrogen) atoms. The Labute approximate surface area is 157 Å². The number of amides is 2. The van der Waals surface area contributed by atoms with Gasteiger partial charge in [-0.3, -0.25) is 14.5 Å². The number of carbonyl (C=O) groups excluding carboxylic acids is 2. The number of hydrogen-bond donors (Lipinski definition) is 0. The number of hydrogen-bond acceptors (Lipinski definition) is 4. The maximum atomic E-state index is 12.5. The van der Waals surface area contributed by atoms with Gasteiger partial charge >= 0.3 is 0 Å². The molecule has 1 aliphatic rings. The minimum atomic E-state index is -0.259. The summed E-state index contributed by atoms with van der Waals surface area (Å²) in [4.78, 5) is 26.3. The van der Waals surface area contributed by atoms with E-state index in [9.17, 15) is 9.59 Å². The van der Waals surface area contributed by atoms with Crippen molar-refractivity contribution in [3.63, 3.8) is 0 Å². The first-order valence-corrected chi connectivity index (χ1v) is 9.38. The second kappa shape index (κ2) is 7.83. The van der Waals surface area contributed by atoms with Crippen LogP contribution < -0.4 is 4.74 Å². The van der Waals surface area contributed by atoms with Gasteiger partial charge in [0.05, 0.1) is 11.4 Å². The first-order valence-electron chi connectivity index (χ1n) is 8.56. The minimum absolute atomic E-state index is 0.239. The number of imide groups is 1. The highest BCUT2D eigenvalue weighted by atomic mass is 32.2. The molecular weight excluding hydrogens is 348 g/mol. The smallest absolute Gasteiger partial charge is 0.293 e. The highest BCUT2D eigenvalue weighted by molar-refractivity contribution is 8.18. The van der Waals surface area contributed by atoms with Crippen LogP contribution >= 0.6 is 11.8 Å². The number of nitrogens with zero attached hydrogens (tertiary/aromatic N) is 2. The molecule has 0 bridgehead atoms. The lowest BCUT2D eigenvalue weighted by Crippen LogP contribution is -2.32. The maximum absolute atomic E-state index is 12.5. The third-order valence-electron chi connectivity index (χ3n) is 4.11. The lowest BCUT2D eigenvalue weighted by molar-refractivity contribution is -0.123. The molecule has 2 heterocycles. The van der Waals surface area contributed by atoms with E-state index in [1.807, 2.05) is 49.6 Å². The van der Waals surface area contributed by atoms with Crippen molar-refractivity contribution >= 4 is 29.0 Å². The van der Waals surface area contributed by atoms with Crippen LogP contribution in [0.4, 0.5) is 4.79 Å². The van der Waals surface area contributed by atoms with E-state index >= 15 is 0 Å². The van der Waals surface area contributed by atoms with Gasteiger partial charge in [0.1, 0.15) is 12.4 Å². The fraction of sp³-hybridized carbons (Fsp3) is 0.300. The van der Waals surface area contributed by atoms with Crippen LogP contribution in [0.2, 0.25) is 0 Å². The van der Waals surface area contributed by atoms with Gasteiger partial charge in [-0.15, -0.1) is 0 Å². The molecule has 0 aliphatic carbocycles. The molecule has 1 aliphatic heterocycles. The standard InChI is InChI=1S/C20H22N2O3S/c1-14(2)21-9-8-16(13-21)12-18-19(23)22(20(24)26-18)10-11-25-17-6-4-15(3)5-7-17/h4-9,12-14H,10-11H2,1-3H3/b18-12+. The molecule has 3 rings (SSSR count). The van der Waals surface area contributed by atoms with Crippen molar-refractivity contribution in [3.05, 3.63) is 58.8 Å². The monoisotopic (exact) mass is 370 g/mol. The Morgan fingerprint density at radius 3 is 2.54 bits per heavy atom. The molecule has 0 unspecified atom stereocenters. The van der Waals surface area contributed by atoms with Crippen molar-refractivity contribution in [1.29, 1.82) is 0 Å². The minimum Gasteiger partial charge on any atom is -0.492 e. The number of thioether (sulfide) groups is 1. The van der Waals surface area contributed by atoms with Gasteiger partial charge in [0.25, 0.3) is 11.1 Å². The molecule has 0 saturated carbocycles. The van der Waals surface area contributed by atoms with Crippen LogP contribution in [-0.2, 0) is 4.79 Å². The molecular formula is C20H22N2O3S. The summed E-state index contributed by atoms with van der Waals surface area (Å²) < 4.78 is 7.69. The SMILES string of the molecule is Cc1ccc(OCCN2C(=O)S/C(=C/c3ccn(C(C)C)c3)C2=O)cc1. The third kappa shape index (κ3) is 4.19. The van der Waals surface area contributed by atoms with Gasteiger partial charge in [0, 0.05) is 18.4 Å². The molecule has 5 nitrogen and oxygen atoms in total. The second-order valence-corrected chi connectivity index (χ2v) is 7.47. The number of ether oxygens (including phenoxy) is 1. The van der Waals surface area contributed by atoms with Crippen molar-refractivity contribution in [2.45, 2.75) is 26.8 Å². The molecule has 2 aromatic rings. The highest BCUT2D eigenvalue weighted by Gasteiger charge is 2.34. The van der Waals surface area contributed by atoms with Crippen LogP contribution in [0.25, 0.3) is 6.08 Å². The van der Waals surface area contributed by atoms with Crippen LogP contribution in [0.3, 0.4) is 0 Å². The van der Waals surface area contributed by atoms with E-state index < -0.39 is 0 Å². The number of carbonyl (C=O) groups is 2. The zero-order chi connectivity index (χ0) is 18.7. The fourth-order valence-electron chi connectivity index (χ4n) is 2.57. The average Bonchev–Trinajstić information content (AvgIpc) is 3.17. The predicted octanol–water partition coefficient (Wildman–Crippen LogP) is 4.49. The lowest BCUT2D eigenvalue weighted by atomic mass is 10.2. The van der Waals surface area contributed by atoms with Crippen molar-refractivity contribution in [3.8, 4) is 5.75 Å². The molecule has 1 aromatic heterocycles. The fourth-order valence-corrected chi connectivity index (χ4v) is 3.44. The Hall–Kier alpha value is -2.47. The van der Waals surface area contributed by atoms with E-state index in [1.165, 1.54) is 4.90 Å². The highest BCUT2D eigenvalue weighted by Crippen LogP contribution is 2.32. The third-order valence-corrected chi connectivity index (χ3v) is 5.02. The lowest BCUT2D eigenvalue weighted by Gasteiger charge is -2.13. The van der Waals surface area contributed by atoms with Crippen molar-refractivity contribution in [2.24, 2.45) is 0 Å². The molecule has 6 heteroatoms. The quantitative estimate of drug-likeness (QED) is 0.703. The summed E-state index contributed by atoms with van der Waals surface area (Å²) in [5.41, 5.74) is 2.07. The summed E-state index contributed by atoms with van der Waals surface area (Å²) in [5.74, 6) is 0.470. The van der Waals surface area contributed by atoms with Gasteiger partial charge < -0.3 is 9.30 Å². The second-order valence-electron chi connectivity index (χ2n) is 6.48. The van der Waals surface area contributed by atoms with Gasteiger partial charge in [-0.2, -0.15) is 0 Å². The molecule has 0 N–H and O–H groups in total. The average molecular weight is 370 g/mol. The van der Waals surface area contributed by atoms with Crippen LogP contribution in [0.1, 0.15) is 31.0 Å².